The van der Waals surface area contributed by atoms with E-state index in [-0.39, 0.29) is 11.3 Å². The molecule has 0 aliphatic heterocycles. The molecule has 0 fully saturated rings. The number of halogens is 3. The van der Waals surface area contributed by atoms with Gasteiger partial charge in [-0.2, -0.15) is 0 Å². The van der Waals surface area contributed by atoms with Gasteiger partial charge in [-0.05, 0) is 28.1 Å². The SMILES string of the molecule is CN(Cc1cc(Br)cs1)C(=O)c1cc(F)c(F)cc1N. The van der Waals surface area contributed by atoms with Gasteiger partial charge in [-0.1, -0.05) is 0 Å². The van der Waals surface area contributed by atoms with Gasteiger partial charge in [-0.25, -0.2) is 8.78 Å². The van der Waals surface area contributed by atoms with E-state index in [9.17, 15) is 13.6 Å². The van der Waals surface area contributed by atoms with Crippen molar-refractivity contribution in [3.63, 3.8) is 0 Å². The molecule has 2 rings (SSSR count). The number of benzene rings is 1. The second kappa shape index (κ2) is 5.88. The molecule has 0 saturated heterocycles. The van der Waals surface area contributed by atoms with E-state index in [0.29, 0.717) is 6.54 Å². The Balaban J connectivity index is 2.20. The molecule has 106 valence electrons. The maximum absolute atomic E-state index is 13.2. The van der Waals surface area contributed by atoms with E-state index in [2.05, 4.69) is 15.9 Å². The number of nitrogens with zero attached hydrogens (tertiary/aromatic N) is 1. The van der Waals surface area contributed by atoms with Crippen LogP contribution >= 0.6 is 27.3 Å². The summed E-state index contributed by atoms with van der Waals surface area (Å²) in [6.07, 6.45) is 0. The highest BCUT2D eigenvalue weighted by Gasteiger charge is 2.18. The minimum atomic E-state index is -1.09. The van der Waals surface area contributed by atoms with Crippen molar-refractivity contribution < 1.29 is 13.6 Å². The molecule has 20 heavy (non-hydrogen) atoms. The topological polar surface area (TPSA) is 46.3 Å². The van der Waals surface area contributed by atoms with E-state index >= 15 is 0 Å². The third kappa shape index (κ3) is 3.16. The largest absolute Gasteiger partial charge is 0.398 e. The zero-order valence-corrected chi connectivity index (χ0v) is 12.9. The molecule has 0 saturated carbocycles. The van der Waals surface area contributed by atoms with Gasteiger partial charge in [-0.3, -0.25) is 4.79 Å². The maximum atomic E-state index is 13.2. The van der Waals surface area contributed by atoms with Gasteiger partial charge in [0.1, 0.15) is 0 Å². The molecule has 0 unspecified atom stereocenters. The first-order valence-corrected chi connectivity index (χ1v) is 7.28. The molecule has 1 heterocycles. The third-order valence-corrected chi connectivity index (χ3v) is 4.37. The van der Waals surface area contributed by atoms with Crippen LogP contribution in [0.2, 0.25) is 0 Å². The van der Waals surface area contributed by atoms with E-state index in [0.717, 1.165) is 21.5 Å². The highest BCUT2D eigenvalue weighted by molar-refractivity contribution is 9.10. The first-order chi connectivity index (χ1) is 9.38. The van der Waals surface area contributed by atoms with Crippen molar-refractivity contribution in [1.29, 1.82) is 0 Å². The van der Waals surface area contributed by atoms with E-state index in [1.54, 1.807) is 7.05 Å². The second-order valence-corrected chi connectivity index (χ2v) is 6.16. The number of anilines is 1. The molecule has 0 aliphatic carbocycles. The molecule has 1 amide bonds. The molecule has 1 aromatic heterocycles. The van der Waals surface area contributed by atoms with Crippen LogP contribution in [0, 0.1) is 11.6 Å². The number of carbonyl (C=O) groups is 1. The van der Waals surface area contributed by atoms with E-state index < -0.39 is 17.5 Å². The number of nitrogen functional groups attached to an aromatic ring is 1. The molecule has 0 radical (unpaired) electrons. The number of rotatable bonds is 3. The van der Waals surface area contributed by atoms with Gasteiger partial charge in [0.05, 0.1) is 12.1 Å². The van der Waals surface area contributed by atoms with Gasteiger partial charge in [0, 0.05) is 33.5 Å². The predicted molar refractivity (Wildman–Crippen MR) is 78.6 cm³/mol. The van der Waals surface area contributed by atoms with Crippen LogP contribution in [0.15, 0.2) is 28.1 Å². The van der Waals surface area contributed by atoms with Crippen LogP contribution < -0.4 is 5.73 Å². The number of hydrogen-bond acceptors (Lipinski definition) is 3. The zero-order valence-electron chi connectivity index (χ0n) is 10.5. The van der Waals surface area contributed by atoms with Crippen LogP contribution in [0.4, 0.5) is 14.5 Å². The summed E-state index contributed by atoms with van der Waals surface area (Å²) in [5, 5.41) is 1.90. The first-order valence-electron chi connectivity index (χ1n) is 5.61. The molecule has 7 heteroatoms. The van der Waals surface area contributed by atoms with Crippen molar-refractivity contribution >= 4 is 38.9 Å². The highest BCUT2D eigenvalue weighted by Crippen LogP contribution is 2.23. The van der Waals surface area contributed by atoms with E-state index in [1.165, 1.54) is 16.2 Å². The van der Waals surface area contributed by atoms with Crippen molar-refractivity contribution in [2.75, 3.05) is 12.8 Å². The molecule has 0 bridgehead atoms. The van der Waals surface area contributed by atoms with Crippen molar-refractivity contribution in [2.24, 2.45) is 0 Å². The fourth-order valence-electron chi connectivity index (χ4n) is 1.70. The van der Waals surface area contributed by atoms with Gasteiger partial charge in [-0.15, -0.1) is 11.3 Å². The van der Waals surface area contributed by atoms with Crippen LogP contribution in [0.1, 0.15) is 15.2 Å². The van der Waals surface area contributed by atoms with Gasteiger partial charge in [0.25, 0.3) is 5.91 Å². The average Bonchev–Trinajstić information content (AvgIpc) is 2.78. The predicted octanol–water partition coefficient (Wildman–Crippen LogP) is 3.64. The molecule has 0 atom stereocenters. The molecular formula is C13H11BrF2N2OS. The second-order valence-electron chi connectivity index (χ2n) is 4.25. The normalized spacial score (nSPS) is 10.6. The first kappa shape index (κ1) is 14.9. The lowest BCUT2D eigenvalue weighted by atomic mass is 10.1. The van der Waals surface area contributed by atoms with Crippen LogP contribution in [-0.4, -0.2) is 17.9 Å². The minimum absolute atomic E-state index is 0.0398. The average molecular weight is 361 g/mol. The van der Waals surface area contributed by atoms with Crippen molar-refractivity contribution in [1.82, 2.24) is 4.90 Å². The summed E-state index contributed by atoms with van der Waals surface area (Å²) in [7, 11) is 1.58. The fraction of sp³-hybridized carbons (Fsp3) is 0.154. The highest BCUT2D eigenvalue weighted by atomic mass is 79.9. The summed E-state index contributed by atoms with van der Waals surface area (Å²) >= 11 is 4.82. The Bertz CT molecular complexity index is 660. The molecule has 0 aliphatic rings. The maximum Gasteiger partial charge on any atom is 0.256 e. The third-order valence-electron chi connectivity index (χ3n) is 2.68. The molecule has 2 aromatic rings. The quantitative estimate of drug-likeness (QED) is 0.849. The zero-order chi connectivity index (χ0) is 14.9. The summed E-state index contributed by atoms with van der Waals surface area (Å²) in [5.41, 5.74) is 5.45. The number of thiophene rings is 1. The summed E-state index contributed by atoms with van der Waals surface area (Å²) in [6.45, 7) is 0.369. The van der Waals surface area contributed by atoms with Crippen LogP contribution in [0.5, 0.6) is 0 Å². The summed E-state index contributed by atoms with van der Waals surface area (Å²) < 4.78 is 27.1. The molecule has 3 nitrogen and oxygen atoms in total. The smallest absolute Gasteiger partial charge is 0.256 e. The lowest BCUT2D eigenvalue weighted by molar-refractivity contribution is 0.0787. The Morgan fingerprint density at radius 1 is 1.35 bits per heavy atom. The number of hydrogen-bond donors (Lipinski definition) is 1. The van der Waals surface area contributed by atoms with E-state index in [4.69, 9.17) is 5.73 Å². The van der Waals surface area contributed by atoms with Gasteiger partial charge in [0.15, 0.2) is 11.6 Å². The van der Waals surface area contributed by atoms with E-state index in [1.807, 2.05) is 11.4 Å². The van der Waals surface area contributed by atoms with Crippen molar-refractivity contribution in [3.8, 4) is 0 Å². The summed E-state index contributed by atoms with van der Waals surface area (Å²) in [5.74, 6) is -2.61. The minimum Gasteiger partial charge on any atom is -0.398 e. The van der Waals surface area contributed by atoms with Crippen molar-refractivity contribution in [3.05, 3.63) is 50.1 Å². The lowest BCUT2D eigenvalue weighted by Gasteiger charge is -2.17. The summed E-state index contributed by atoms with van der Waals surface area (Å²) in [6, 6.07) is 3.54. The molecular weight excluding hydrogens is 350 g/mol. The summed E-state index contributed by atoms with van der Waals surface area (Å²) in [4.78, 5) is 14.6. The van der Waals surface area contributed by atoms with Gasteiger partial charge in [0.2, 0.25) is 0 Å². The molecule has 1 aromatic carbocycles. The Hall–Kier alpha value is -1.47. The molecule has 0 spiro atoms. The molecule has 2 N–H and O–H groups in total. The standard InChI is InChI=1S/C13H11BrF2N2OS/c1-18(5-8-2-7(14)6-20-8)13(19)9-3-10(15)11(16)4-12(9)17/h2-4,6H,5,17H2,1H3. The Morgan fingerprint density at radius 3 is 2.60 bits per heavy atom. The van der Waals surface area contributed by atoms with Crippen LogP contribution in [0.25, 0.3) is 0 Å². The fourth-order valence-corrected chi connectivity index (χ4v) is 3.20. The van der Waals surface area contributed by atoms with Crippen LogP contribution in [-0.2, 0) is 6.54 Å². The number of carbonyl (C=O) groups excluding carboxylic acids is 1. The monoisotopic (exact) mass is 360 g/mol. The number of amides is 1. The Morgan fingerprint density at radius 2 is 2.00 bits per heavy atom. The lowest BCUT2D eigenvalue weighted by Crippen LogP contribution is -2.26. The van der Waals surface area contributed by atoms with Gasteiger partial charge < -0.3 is 10.6 Å². The van der Waals surface area contributed by atoms with Crippen LogP contribution in [0.3, 0.4) is 0 Å². The van der Waals surface area contributed by atoms with Crippen molar-refractivity contribution in [2.45, 2.75) is 6.54 Å². The Labute approximate surface area is 127 Å². The van der Waals surface area contributed by atoms with Gasteiger partial charge >= 0.3 is 0 Å². The Kier molecular flexibility index (Phi) is 4.39. The number of nitrogens with two attached hydrogens (primary N) is 1.